The van der Waals surface area contributed by atoms with Crippen LogP contribution in [-0.4, -0.2) is 24.2 Å². The van der Waals surface area contributed by atoms with Gasteiger partial charge in [-0.2, -0.15) is 0 Å². The summed E-state index contributed by atoms with van der Waals surface area (Å²) in [6, 6.07) is 0. The number of hydrogen-bond acceptors (Lipinski definition) is 2. The fourth-order valence-electron chi connectivity index (χ4n) is 2.42. The van der Waals surface area contributed by atoms with E-state index in [-0.39, 0.29) is 6.42 Å². The van der Waals surface area contributed by atoms with Crippen molar-refractivity contribution in [3.8, 4) is 0 Å². The fourth-order valence-corrected chi connectivity index (χ4v) is 2.42. The molecule has 1 aliphatic carbocycles. The molecule has 0 aromatic heterocycles. The van der Waals surface area contributed by atoms with Crippen molar-refractivity contribution >= 4 is 5.97 Å². The molecule has 0 saturated heterocycles. The molecule has 1 aliphatic rings. The standard InChI is InChI=1S/C12H23NO2/c1-10-4-2-5-11(8-10)9-13-7-3-6-12(14)15/h10-11,13H,2-9H2,1H3,(H,14,15). The molecule has 0 aromatic rings. The highest BCUT2D eigenvalue weighted by molar-refractivity contribution is 5.66. The van der Waals surface area contributed by atoms with Gasteiger partial charge in [0.05, 0.1) is 0 Å². The molecule has 3 heteroatoms. The number of nitrogens with one attached hydrogen (secondary N) is 1. The first-order valence-corrected chi connectivity index (χ1v) is 6.11. The van der Waals surface area contributed by atoms with Crippen molar-refractivity contribution in [3.05, 3.63) is 0 Å². The van der Waals surface area contributed by atoms with Gasteiger partial charge in [-0.25, -0.2) is 0 Å². The summed E-state index contributed by atoms with van der Waals surface area (Å²) in [5, 5.41) is 11.8. The Hall–Kier alpha value is -0.570. The third-order valence-electron chi connectivity index (χ3n) is 3.22. The van der Waals surface area contributed by atoms with Crippen molar-refractivity contribution in [1.29, 1.82) is 0 Å². The lowest BCUT2D eigenvalue weighted by atomic mass is 9.82. The predicted octanol–water partition coefficient (Wildman–Crippen LogP) is 2.27. The Kier molecular flexibility index (Phi) is 5.69. The minimum atomic E-state index is -0.692. The topological polar surface area (TPSA) is 49.3 Å². The van der Waals surface area contributed by atoms with E-state index in [0.717, 1.165) is 31.3 Å². The van der Waals surface area contributed by atoms with Gasteiger partial charge in [-0.3, -0.25) is 4.79 Å². The van der Waals surface area contributed by atoms with E-state index < -0.39 is 5.97 Å². The number of carboxylic acids is 1. The molecule has 88 valence electrons. The molecule has 3 nitrogen and oxygen atoms in total. The number of hydrogen-bond donors (Lipinski definition) is 2. The fraction of sp³-hybridized carbons (Fsp3) is 0.917. The summed E-state index contributed by atoms with van der Waals surface area (Å²) < 4.78 is 0. The van der Waals surface area contributed by atoms with Crippen LogP contribution in [0, 0.1) is 11.8 Å². The smallest absolute Gasteiger partial charge is 0.303 e. The molecule has 0 amide bonds. The third-order valence-corrected chi connectivity index (χ3v) is 3.22. The quantitative estimate of drug-likeness (QED) is 0.665. The van der Waals surface area contributed by atoms with Gasteiger partial charge in [0.25, 0.3) is 0 Å². The van der Waals surface area contributed by atoms with E-state index in [9.17, 15) is 4.79 Å². The lowest BCUT2D eigenvalue weighted by Crippen LogP contribution is -2.27. The lowest BCUT2D eigenvalue weighted by Gasteiger charge is -2.26. The van der Waals surface area contributed by atoms with Gasteiger partial charge in [-0.15, -0.1) is 0 Å². The second-order valence-corrected chi connectivity index (χ2v) is 4.84. The van der Waals surface area contributed by atoms with Crippen molar-refractivity contribution in [2.75, 3.05) is 13.1 Å². The summed E-state index contributed by atoms with van der Waals surface area (Å²) in [6.45, 7) is 4.25. The Balaban J connectivity index is 1.97. The van der Waals surface area contributed by atoms with Gasteiger partial charge in [0, 0.05) is 6.42 Å². The average molecular weight is 213 g/mol. The highest BCUT2D eigenvalue weighted by atomic mass is 16.4. The molecule has 0 heterocycles. The van der Waals surface area contributed by atoms with Crippen LogP contribution in [0.2, 0.25) is 0 Å². The molecule has 0 aliphatic heterocycles. The van der Waals surface area contributed by atoms with E-state index in [2.05, 4.69) is 12.2 Å². The molecule has 0 radical (unpaired) electrons. The maximum Gasteiger partial charge on any atom is 0.303 e. The van der Waals surface area contributed by atoms with E-state index in [1.165, 1.54) is 25.7 Å². The number of carboxylic acid groups (broad SMARTS) is 1. The SMILES string of the molecule is CC1CCCC(CNCCCC(=O)O)C1. The summed E-state index contributed by atoms with van der Waals surface area (Å²) in [5.41, 5.74) is 0. The molecule has 1 fully saturated rings. The maximum atomic E-state index is 10.3. The van der Waals surface area contributed by atoms with Crippen LogP contribution in [0.3, 0.4) is 0 Å². The van der Waals surface area contributed by atoms with Crippen LogP contribution >= 0.6 is 0 Å². The Labute approximate surface area is 92.3 Å². The molecule has 1 saturated carbocycles. The Bertz CT molecular complexity index is 194. The van der Waals surface area contributed by atoms with Crippen LogP contribution < -0.4 is 5.32 Å². The van der Waals surface area contributed by atoms with Crippen LogP contribution in [0.4, 0.5) is 0 Å². The monoisotopic (exact) mass is 213 g/mol. The molecule has 1 rings (SSSR count). The molecule has 0 spiro atoms. The summed E-state index contributed by atoms with van der Waals surface area (Å²) in [6.07, 6.45) is 6.46. The Morgan fingerprint density at radius 3 is 2.93 bits per heavy atom. The van der Waals surface area contributed by atoms with Crippen LogP contribution in [0.25, 0.3) is 0 Å². The highest BCUT2D eigenvalue weighted by Crippen LogP contribution is 2.27. The molecule has 0 bridgehead atoms. The maximum absolute atomic E-state index is 10.3. The zero-order valence-corrected chi connectivity index (χ0v) is 9.67. The molecular weight excluding hydrogens is 190 g/mol. The number of rotatable bonds is 6. The van der Waals surface area contributed by atoms with Crippen LogP contribution in [0.5, 0.6) is 0 Å². The predicted molar refractivity (Wildman–Crippen MR) is 60.9 cm³/mol. The van der Waals surface area contributed by atoms with Crippen molar-refractivity contribution in [2.24, 2.45) is 11.8 Å². The number of aliphatic carboxylic acids is 1. The van der Waals surface area contributed by atoms with Gasteiger partial charge in [0.15, 0.2) is 0 Å². The van der Waals surface area contributed by atoms with Crippen LogP contribution in [-0.2, 0) is 4.79 Å². The molecule has 2 N–H and O–H groups in total. The Morgan fingerprint density at radius 2 is 2.27 bits per heavy atom. The minimum absolute atomic E-state index is 0.286. The second-order valence-electron chi connectivity index (χ2n) is 4.84. The van der Waals surface area contributed by atoms with Gasteiger partial charge in [0.2, 0.25) is 0 Å². The van der Waals surface area contributed by atoms with Crippen molar-refractivity contribution in [2.45, 2.75) is 45.4 Å². The summed E-state index contributed by atoms with van der Waals surface area (Å²) in [5.74, 6) is 1.01. The zero-order chi connectivity index (χ0) is 11.1. The van der Waals surface area contributed by atoms with Crippen molar-refractivity contribution in [3.63, 3.8) is 0 Å². The first-order valence-electron chi connectivity index (χ1n) is 6.11. The van der Waals surface area contributed by atoms with Gasteiger partial charge < -0.3 is 10.4 Å². The first kappa shape index (κ1) is 12.5. The third kappa shape index (κ3) is 5.78. The average Bonchev–Trinajstić information content (AvgIpc) is 2.17. The van der Waals surface area contributed by atoms with Crippen LogP contribution in [0.15, 0.2) is 0 Å². The van der Waals surface area contributed by atoms with Crippen molar-refractivity contribution in [1.82, 2.24) is 5.32 Å². The molecule has 2 unspecified atom stereocenters. The summed E-state index contributed by atoms with van der Waals surface area (Å²) in [4.78, 5) is 10.3. The summed E-state index contributed by atoms with van der Waals surface area (Å²) >= 11 is 0. The normalized spacial score (nSPS) is 26.5. The van der Waals surface area contributed by atoms with Crippen LogP contribution in [0.1, 0.15) is 45.4 Å². The van der Waals surface area contributed by atoms with E-state index in [1.54, 1.807) is 0 Å². The second kappa shape index (κ2) is 6.83. The molecule has 0 aromatic carbocycles. The van der Waals surface area contributed by atoms with E-state index >= 15 is 0 Å². The first-order chi connectivity index (χ1) is 7.18. The van der Waals surface area contributed by atoms with Gasteiger partial charge in [0.1, 0.15) is 0 Å². The molecule has 2 atom stereocenters. The Morgan fingerprint density at radius 1 is 1.47 bits per heavy atom. The van der Waals surface area contributed by atoms with E-state index in [0.29, 0.717) is 0 Å². The molecule has 15 heavy (non-hydrogen) atoms. The highest BCUT2D eigenvalue weighted by Gasteiger charge is 2.17. The van der Waals surface area contributed by atoms with Gasteiger partial charge in [-0.1, -0.05) is 19.8 Å². The van der Waals surface area contributed by atoms with E-state index in [4.69, 9.17) is 5.11 Å². The molecular formula is C12H23NO2. The minimum Gasteiger partial charge on any atom is -0.481 e. The van der Waals surface area contributed by atoms with Crippen molar-refractivity contribution < 1.29 is 9.90 Å². The largest absolute Gasteiger partial charge is 0.481 e. The van der Waals surface area contributed by atoms with E-state index in [1.807, 2.05) is 0 Å². The zero-order valence-electron chi connectivity index (χ0n) is 9.67. The number of carbonyl (C=O) groups is 1. The van der Waals surface area contributed by atoms with Gasteiger partial charge >= 0.3 is 5.97 Å². The van der Waals surface area contributed by atoms with Gasteiger partial charge in [-0.05, 0) is 44.2 Å². The summed E-state index contributed by atoms with van der Waals surface area (Å²) in [7, 11) is 0. The lowest BCUT2D eigenvalue weighted by molar-refractivity contribution is -0.137.